The highest BCUT2D eigenvalue weighted by Gasteiger charge is 2.15. The normalized spacial score (nSPS) is 12.6. The molecule has 2 rings (SSSR count). The van der Waals surface area contributed by atoms with Crippen molar-refractivity contribution >= 4 is 23.2 Å². The number of nitrogens with one attached hydrogen (secondary N) is 1. The maximum absolute atomic E-state index is 12.1. The molecule has 0 aliphatic heterocycles. The fraction of sp³-hybridized carbons (Fsp3) is 0.222. The molecule has 0 aliphatic carbocycles. The number of hydrogen-bond acceptors (Lipinski definition) is 4. The maximum atomic E-state index is 12.1. The van der Waals surface area contributed by atoms with Gasteiger partial charge in [0.25, 0.3) is 5.91 Å². The van der Waals surface area contributed by atoms with E-state index in [0.717, 1.165) is 5.56 Å². The molecule has 0 radical (unpaired) electrons. The van der Waals surface area contributed by atoms with Gasteiger partial charge in [0.1, 0.15) is 11.5 Å². The van der Waals surface area contributed by atoms with Crippen LogP contribution in [0.5, 0.6) is 11.5 Å². The van der Waals surface area contributed by atoms with E-state index in [2.05, 4.69) is 10.5 Å². The molecule has 126 valence electrons. The summed E-state index contributed by atoms with van der Waals surface area (Å²) in [4.78, 5) is 12.1. The largest absolute Gasteiger partial charge is 0.507 e. The molecule has 0 aromatic heterocycles. The highest BCUT2D eigenvalue weighted by Crippen LogP contribution is 2.22. The van der Waals surface area contributed by atoms with Gasteiger partial charge in [-0.05, 0) is 56.7 Å². The molecular weight excluding hydrogens is 328 g/mol. The van der Waals surface area contributed by atoms with Crippen molar-refractivity contribution in [2.75, 3.05) is 0 Å². The Bertz CT molecular complexity index is 775. The molecule has 2 aromatic carbocycles. The van der Waals surface area contributed by atoms with Crippen LogP contribution in [0.3, 0.4) is 0 Å². The van der Waals surface area contributed by atoms with Crippen molar-refractivity contribution in [1.29, 1.82) is 0 Å². The van der Waals surface area contributed by atoms with Crippen LogP contribution >= 0.6 is 11.6 Å². The number of carbonyl (C=O) groups is 1. The second-order valence-electron chi connectivity index (χ2n) is 5.36. The van der Waals surface area contributed by atoms with Gasteiger partial charge < -0.3 is 9.84 Å². The van der Waals surface area contributed by atoms with Crippen LogP contribution < -0.4 is 10.2 Å². The van der Waals surface area contributed by atoms with Crippen molar-refractivity contribution in [3.8, 4) is 11.5 Å². The first-order valence-electron chi connectivity index (χ1n) is 7.44. The summed E-state index contributed by atoms with van der Waals surface area (Å²) in [5.74, 6) is 0.271. The number of benzene rings is 2. The van der Waals surface area contributed by atoms with Crippen molar-refractivity contribution in [3.63, 3.8) is 0 Å². The van der Waals surface area contributed by atoms with Gasteiger partial charge in [-0.15, -0.1) is 0 Å². The average Bonchev–Trinajstić information content (AvgIpc) is 2.56. The second kappa shape index (κ2) is 7.84. The van der Waals surface area contributed by atoms with E-state index < -0.39 is 12.0 Å². The number of hydrazone groups is 1. The Kier molecular flexibility index (Phi) is 5.82. The van der Waals surface area contributed by atoms with Gasteiger partial charge in [0.15, 0.2) is 6.10 Å². The van der Waals surface area contributed by atoms with E-state index in [1.165, 1.54) is 0 Å². The molecule has 0 bridgehead atoms. The lowest BCUT2D eigenvalue weighted by atomic mass is 10.1. The third-order valence-electron chi connectivity index (χ3n) is 3.44. The molecule has 0 heterocycles. The van der Waals surface area contributed by atoms with Gasteiger partial charge in [0.05, 0.1) is 5.71 Å². The number of para-hydroxylation sites is 1. The van der Waals surface area contributed by atoms with E-state index in [-0.39, 0.29) is 5.75 Å². The predicted molar refractivity (Wildman–Crippen MR) is 94.7 cm³/mol. The summed E-state index contributed by atoms with van der Waals surface area (Å²) in [6, 6.07) is 12.0. The van der Waals surface area contributed by atoms with Gasteiger partial charge in [-0.1, -0.05) is 23.7 Å². The maximum Gasteiger partial charge on any atom is 0.280 e. The predicted octanol–water partition coefficient (Wildman–Crippen LogP) is 3.66. The molecule has 0 saturated heterocycles. The number of halogens is 1. The lowest BCUT2D eigenvalue weighted by Gasteiger charge is -2.14. The standard InChI is InChI=1S/C18H19ClN2O3/c1-11-10-14(8-9-16(11)19)24-13(3)18(23)21-20-12(2)15-6-4-5-7-17(15)22/h4-10,13,22H,1-3H3,(H,21,23)/b20-12-/t13-/m0/s1. The minimum atomic E-state index is -0.730. The Morgan fingerprint density at radius 1 is 1.29 bits per heavy atom. The number of carbonyl (C=O) groups excluding carboxylic acids is 1. The molecule has 0 saturated carbocycles. The summed E-state index contributed by atoms with van der Waals surface area (Å²) < 4.78 is 5.58. The van der Waals surface area contributed by atoms with E-state index in [4.69, 9.17) is 16.3 Å². The topological polar surface area (TPSA) is 70.9 Å². The van der Waals surface area contributed by atoms with E-state index >= 15 is 0 Å². The number of hydrogen-bond donors (Lipinski definition) is 2. The Balaban J connectivity index is 1.99. The van der Waals surface area contributed by atoms with Gasteiger partial charge >= 0.3 is 0 Å². The summed E-state index contributed by atoms with van der Waals surface area (Å²) in [5.41, 5.74) is 4.36. The summed E-state index contributed by atoms with van der Waals surface area (Å²) in [7, 11) is 0. The zero-order valence-corrected chi connectivity index (χ0v) is 14.5. The summed E-state index contributed by atoms with van der Waals surface area (Å²) >= 11 is 5.96. The second-order valence-corrected chi connectivity index (χ2v) is 5.77. The van der Waals surface area contributed by atoms with Crippen LogP contribution in [0.25, 0.3) is 0 Å². The summed E-state index contributed by atoms with van der Waals surface area (Å²) in [5, 5.41) is 14.4. The Hall–Kier alpha value is -2.53. The molecule has 1 amide bonds. The van der Waals surface area contributed by atoms with Gasteiger partial charge in [0.2, 0.25) is 0 Å². The minimum absolute atomic E-state index is 0.105. The number of amides is 1. The lowest BCUT2D eigenvalue weighted by Crippen LogP contribution is -2.34. The van der Waals surface area contributed by atoms with Crippen LogP contribution in [0, 0.1) is 6.92 Å². The van der Waals surface area contributed by atoms with Gasteiger partial charge in [-0.2, -0.15) is 5.10 Å². The first-order valence-corrected chi connectivity index (χ1v) is 7.81. The molecule has 0 fully saturated rings. The quantitative estimate of drug-likeness (QED) is 0.641. The minimum Gasteiger partial charge on any atom is -0.507 e. The molecule has 6 heteroatoms. The number of aryl methyl sites for hydroxylation is 1. The van der Waals surface area contributed by atoms with Crippen LogP contribution in [0.1, 0.15) is 25.0 Å². The zero-order chi connectivity index (χ0) is 17.7. The van der Waals surface area contributed by atoms with Crippen LogP contribution in [0.15, 0.2) is 47.6 Å². The Morgan fingerprint density at radius 2 is 2.00 bits per heavy atom. The summed E-state index contributed by atoms with van der Waals surface area (Å²) in [6.07, 6.45) is -0.730. The third-order valence-corrected chi connectivity index (χ3v) is 3.86. The lowest BCUT2D eigenvalue weighted by molar-refractivity contribution is -0.127. The molecule has 0 aliphatic rings. The van der Waals surface area contributed by atoms with Gasteiger partial charge in [-0.25, -0.2) is 5.43 Å². The molecule has 0 unspecified atom stereocenters. The molecule has 1 atom stereocenters. The van der Waals surface area contributed by atoms with Crippen molar-refractivity contribution in [2.45, 2.75) is 26.9 Å². The molecular formula is C18H19ClN2O3. The number of phenolic OH excluding ortho intramolecular Hbond substituents is 1. The third kappa shape index (κ3) is 4.49. The fourth-order valence-corrected chi connectivity index (χ4v) is 2.14. The van der Waals surface area contributed by atoms with Crippen molar-refractivity contribution in [2.24, 2.45) is 5.10 Å². The van der Waals surface area contributed by atoms with E-state index in [0.29, 0.717) is 22.0 Å². The van der Waals surface area contributed by atoms with E-state index in [9.17, 15) is 9.90 Å². The van der Waals surface area contributed by atoms with Crippen LogP contribution in [-0.2, 0) is 4.79 Å². The van der Waals surface area contributed by atoms with Gasteiger partial charge in [0, 0.05) is 10.6 Å². The number of rotatable bonds is 5. The highest BCUT2D eigenvalue weighted by atomic mass is 35.5. The highest BCUT2D eigenvalue weighted by molar-refractivity contribution is 6.31. The fourth-order valence-electron chi connectivity index (χ4n) is 2.02. The monoisotopic (exact) mass is 346 g/mol. The van der Waals surface area contributed by atoms with E-state index in [1.54, 1.807) is 56.3 Å². The number of phenols is 1. The van der Waals surface area contributed by atoms with Gasteiger partial charge in [-0.3, -0.25) is 4.79 Å². The molecule has 0 spiro atoms. The number of ether oxygens (including phenoxy) is 1. The van der Waals surface area contributed by atoms with Crippen molar-refractivity contribution in [1.82, 2.24) is 5.43 Å². The smallest absolute Gasteiger partial charge is 0.280 e. The number of aromatic hydroxyl groups is 1. The van der Waals surface area contributed by atoms with Crippen LogP contribution in [0.2, 0.25) is 5.02 Å². The molecule has 2 aromatic rings. The molecule has 24 heavy (non-hydrogen) atoms. The summed E-state index contributed by atoms with van der Waals surface area (Å²) in [6.45, 7) is 5.19. The zero-order valence-electron chi connectivity index (χ0n) is 13.7. The van der Waals surface area contributed by atoms with Crippen molar-refractivity contribution < 1.29 is 14.6 Å². The first kappa shape index (κ1) is 17.8. The van der Waals surface area contributed by atoms with Crippen molar-refractivity contribution in [3.05, 3.63) is 58.6 Å². The van der Waals surface area contributed by atoms with E-state index in [1.807, 2.05) is 6.92 Å². The van der Waals surface area contributed by atoms with Crippen LogP contribution in [0.4, 0.5) is 0 Å². The SMILES string of the molecule is C/C(=N/NC(=O)[C@H](C)Oc1ccc(Cl)c(C)c1)c1ccccc1O. The van der Waals surface area contributed by atoms with Crippen LogP contribution in [-0.4, -0.2) is 22.8 Å². The first-order chi connectivity index (χ1) is 11.4. The molecule has 5 nitrogen and oxygen atoms in total. The Morgan fingerprint density at radius 3 is 2.67 bits per heavy atom. The Labute approximate surface area is 145 Å². The average molecular weight is 347 g/mol. The number of nitrogens with zero attached hydrogens (tertiary/aromatic N) is 1. The molecule has 2 N–H and O–H groups in total.